The fourth-order valence-corrected chi connectivity index (χ4v) is 4.24. The first-order valence-corrected chi connectivity index (χ1v) is 10.9. The number of hydrogen-bond acceptors (Lipinski definition) is 9. The summed E-state index contributed by atoms with van der Waals surface area (Å²) in [7, 11) is 0. The fraction of sp³-hybridized carbons (Fsp3) is 0.583. The molecule has 0 radical (unpaired) electrons. The van der Waals surface area contributed by atoms with Crippen LogP contribution in [0.4, 0.5) is 0 Å². The van der Waals surface area contributed by atoms with Gasteiger partial charge in [-0.05, 0) is 33.8 Å². The standard InChI is InChI=1S/C24H30O9/c1-7-13(3)22(27)31-18-9-12(2)8-16(30-15(5)26)10-24(6)21(33-24)20-19(18)17(23(28)32-20)11-29-14(4)25/h7-8,16,18,20-21H,9-11H2,1-6H3. The number of allylic oxidation sites excluding steroid dienone is 1. The van der Waals surface area contributed by atoms with E-state index in [1.807, 2.05) is 13.8 Å². The van der Waals surface area contributed by atoms with Gasteiger partial charge in [-0.25, -0.2) is 9.59 Å². The van der Waals surface area contributed by atoms with Gasteiger partial charge in [0.2, 0.25) is 0 Å². The van der Waals surface area contributed by atoms with Crippen molar-refractivity contribution in [1.29, 1.82) is 0 Å². The topological polar surface area (TPSA) is 118 Å². The summed E-state index contributed by atoms with van der Waals surface area (Å²) in [5.74, 6) is -2.16. The predicted molar refractivity (Wildman–Crippen MR) is 115 cm³/mol. The van der Waals surface area contributed by atoms with Gasteiger partial charge in [0, 0.05) is 37.8 Å². The summed E-state index contributed by atoms with van der Waals surface area (Å²) in [6.45, 7) is 9.31. The van der Waals surface area contributed by atoms with E-state index in [9.17, 15) is 19.2 Å². The summed E-state index contributed by atoms with van der Waals surface area (Å²) in [5, 5.41) is 0. The Kier molecular flexibility index (Phi) is 7.11. The highest BCUT2D eigenvalue weighted by Gasteiger charge is 2.62. The van der Waals surface area contributed by atoms with Crippen molar-refractivity contribution in [2.75, 3.05) is 6.61 Å². The van der Waals surface area contributed by atoms with E-state index >= 15 is 0 Å². The van der Waals surface area contributed by atoms with Crippen molar-refractivity contribution in [3.05, 3.63) is 34.4 Å². The molecule has 0 saturated carbocycles. The van der Waals surface area contributed by atoms with Gasteiger partial charge in [-0.2, -0.15) is 0 Å². The smallest absolute Gasteiger partial charge is 0.338 e. The third-order valence-corrected chi connectivity index (χ3v) is 6.02. The molecule has 0 aromatic carbocycles. The molecule has 9 heteroatoms. The maximum atomic E-state index is 12.8. The highest BCUT2D eigenvalue weighted by Crippen LogP contribution is 2.49. The van der Waals surface area contributed by atoms with Crippen LogP contribution in [0, 0.1) is 0 Å². The number of ether oxygens (including phenoxy) is 5. The van der Waals surface area contributed by atoms with Crippen LogP contribution in [0.3, 0.4) is 0 Å². The molecular weight excluding hydrogens is 432 g/mol. The SMILES string of the molecule is CC=C(C)C(=O)OC1CC(C)=CC(OC(C)=O)CC2(C)OC2C2OC(=O)C(COC(C)=O)=C12. The van der Waals surface area contributed by atoms with Gasteiger partial charge in [-0.1, -0.05) is 11.6 Å². The summed E-state index contributed by atoms with van der Waals surface area (Å²) >= 11 is 0. The zero-order valence-corrected chi connectivity index (χ0v) is 19.8. The van der Waals surface area contributed by atoms with Crippen LogP contribution >= 0.6 is 0 Å². The molecule has 1 aliphatic carbocycles. The molecule has 0 aromatic rings. The molecule has 0 spiro atoms. The molecule has 1 fully saturated rings. The molecule has 2 aliphatic heterocycles. The molecule has 2 heterocycles. The third kappa shape index (κ3) is 5.52. The number of carbonyl (C=O) groups is 4. The van der Waals surface area contributed by atoms with E-state index < -0.39 is 53.9 Å². The summed E-state index contributed by atoms with van der Waals surface area (Å²) in [6.07, 6.45) is 1.28. The molecule has 3 aliphatic rings. The molecule has 0 bridgehead atoms. The second kappa shape index (κ2) is 9.51. The Morgan fingerprint density at radius 1 is 1.18 bits per heavy atom. The van der Waals surface area contributed by atoms with Crippen molar-refractivity contribution in [2.24, 2.45) is 0 Å². The van der Waals surface area contributed by atoms with Crippen LogP contribution < -0.4 is 0 Å². The molecule has 0 N–H and O–H groups in total. The van der Waals surface area contributed by atoms with Gasteiger partial charge in [0.25, 0.3) is 0 Å². The lowest BCUT2D eigenvalue weighted by Gasteiger charge is -2.26. The molecule has 3 rings (SSSR count). The van der Waals surface area contributed by atoms with E-state index in [0.717, 1.165) is 5.57 Å². The molecule has 33 heavy (non-hydrogen) atoms. The Hall–Kier alpha value is -2.94. The van der Waals surface area contributed by atoms with Crippen LogP contribution in [0.25, 0.3) is 0 Å². The Labute approximate surface area is 192 Å². The summed E-state index contributed by atoms with van der Waals surface area (Å²) < 4.78 is 28.0. The monoisotopic (exact) mass is 462 g/mol. The van der Waals surface area contributed by atoms with Crippen molar-refractivity contribution in [3.8, 4) is 0 Å². The lowest BCUT2D eigenvalue weighted by Crippen LogP contribution is -2.35. The molecule has 180 valence electrons. The van der Waals surface area contributed by atoms with E-state index in [-0.39, 0.29) is 18.6 Å². The summed E-state index contributed by atoms with van der Waals surface area (Å²) in [5.41, 5.74) is 1.05. The van der Waals surface area contributed by atoms with Gasteiger partial charge in [-0.15, -0.1) is 0 Å². The van der Waals surface area contributed by atoms with E-state index in [1.54, 1.807) is 26.0 Å². The number of epoxide rings is 1. The molecule has 1 saturated heterocycles. The first-order valence-electron chi connectivity index (χ1n) is 10.9. The predicted octanol–water partition coefficient (Wildman–Crippen LogP) is 2.48. The lowest BCUT2D eigenvalue weighted by molar-refractivity contribution is -0.145. The van der Waals surface area contributed by atoms with Gasteiger partial charge in [-0.3, -0.25) is 9.59 Å². The van der Waals surface area contributed by atoms with Crippen molar-refractivity contribution in [1.82, 2.24) is 0 Å². The first-order chi connectivity index (χ1) is 15.4. The molecule has 9 nitrogen and oxygen atoms in total. The number of fused-ring (bicyclic) bond motifs is 3. The average molecular weight is 462 g/mol. The average Bonchev–Trinajstić information content (AvgIpc) is 3.25. The van der Waals surface area contributed by atoms with Crippen LogP contribution in [0.1, 0.15) is 54.4 Å². The largest absolute Gasteiger partial charge is 0.461 e. The molecule has 5 unspecified atom stereocenters. The number of esters is 4. The summed E-state index contributed by atoms with van der Waals surface area (Å²) in [4.78, 5) is 48.5. The Balaban J connectivity index is 2.07. The van der Waals surface area contributed by atoms with E-state index in [0.29, 0.717) is 17.6 Å². The van der Waals surface area contributed by atoms with E-state index in [1.165, 1.54) is 13.8 Å². The van der Waals surface area contributed by atoms with Crippen molar-refractivity contribution in [2.45, 2.75) is 84.4 Å². The second-order valence-electron chi connectivity index (χ2n) is 8.83. The Morgan fingerprint density at radius 2 is 1.88 bits per heavy atom. The molecule has 0 amide bonds. The van der Waals surface area contributed by atoms with Gasteiger partial charge in [0.15, 0.2) is 6.10 Å². The van der Waals surface area contributed by atoms with Crippen LogP contribution in [-0.4, -0.2) is 60.5 Å². The molecular formula is C24H30O9. The molecule has 5 atom stereocenters. The van der Waals surface area contributed by atoms with Crippen molar-refractivity contribution in [3.63, 3.8) is 0 Å². The van der Waals surface area contributed by atoms with Crippen LogP contribution in [0.2, 0.25) is 0 Å². The van der Waals surface area contributed by atoms with Crippen LogP contribution in [0.15, 0.2) is 34.4 Å². The van der Waals surface area contributed by atoms with Crippen LogP contribution in [-0.2, 0) is 42.9 Å². The third-order valence-electron chi connectivity index (χ3n) is 6.02. The second-order valence-corrected chi connectivity index (χ2v) is 8.83. The highest BCUT2D eigenvalue weighted by molar-refractivity contribution is 5.94. The van der Waals surface area contributed by atoms with Crippen LogP contribution in [0.5, 0.6) is 0 Å². The minimum Gasteiger partial charge on any atom is -0.461 e. The van der Waals surface area contributed by atoms with E-state index in [2.05, 4.69) is 0 Å². The van der Waals surface area contributed by atoms with E-state index in [4.69, 9.17) is 23.7 Å². The van der Waals surface area contributed by atoms with Gasteiger partial charge >= 0.3 is 23.9 Å². The normalized spacial score (nSPS) is 31.5. The maximum absolute atomic E-state index is 12.8. The zero-order chi connectivity index (χ0) is 24.5. The molecule has 0 aromatic heterocycles. The highest BCUT2D eigenvalue weighted by atomic mass is 16.7. The van der Waals surface area contributed by atoms with Crippen molar-refractivity contribution >= 4 is 23.9 Å². The van der Waals surface area contributed by atoms with Gasteiger partial charge in [0.05, 0.1) is 5.57 Å². The minimum atomic E-state index is -0.866. The minimum absolute atomic E-state index is 0.147. The van der Waals surface area contributed by atoms with Crippen molar-refractivity contribution < 1.29 is 42.9 Å². The first kappa shape index (κ1) is 24.7. The quantitative estimate of drug-likeness (QED) is 0.200. The number of rotatable bonds is 5. The number of carbonyl (C=O) groups excluding carboxylic acids is 4. The Morgan fingerprint density at radius 3 is 2.48 bits per heavy atom. The lowest BCUT2D eigenvalue weighted by atomic mass is 9.86. The summed E-state index contributed by atoms with van der Waals surface area (Å²) in [6, 6.07) is 0. The maximum Gasteiger partial charge on any atom is 0.338 e. The Bertz CT molecular complexity index is 957. The fourth-order valence-electron chi connectivity index (χ4n) is 4.24. The van der Waals surface area contributed by atoms with Gasteiger partial charge in [0.1, 0.15) is 30.5 Å². The van der Waals surface area contributed by atoms with Gasteiger partial charge < -0.3 is 23.7 Å². The number of hydrogen-bond donors (Lipinski definition) is 0. The zero-order valence-electron chi connectivity index (χ0n) is 19.8.